The predicted molar refractivity (Wildman–Crippen MR) is 86.8 cm³/mol. The van der Waals surface area contributed by atoms with Gasteiger partial charge in [-0.3, -0.25) is 9.59 Å². The van der Waals surface area contributed by atoms with Gasteiger partial charge in [0.15, 0.2) is 5.78 Å². The lowest BCUT2D eigenvalue weighted by molar-refractivity contribution is -0.139. The third-order valence-corrected chi connectivity index (χ3v) is 3.50. The number of carbonyl (C=O) groups excluding carboxylic acids is 1. The SMILES string of the molecule is CC(C)Oc1ccc(Cl)cc1C(=O)CCC(C)(C)CC(=O)O. The molecule has 0 aliphatic heterocycles. The summed E-state index contributed by atoms with van der Waals surface area (Å²) in [5.74, 6) is -0.430. The van der Waals surface area contributed by atoms with E-state index < -0.39 is 11.4 Å². The Kier molecular flexibility index (Phi) is 6.42. The lowest BCUT2D eigenvalue weighted by atomic mass is 9.83. The van der Waals surface area contributed by atoms with Crippen molar-refractivity contribution in [2.75, 3.05) is 0 Å². The quantitative estimate of drug-likeness (QED) is 0.709. The first kappa shape index (κ1) is 18.5. The predicted octanol–water partition coefficient (Wildman–Crippen LogP) is 4.59. The number of halogens is 1. The largest absolute Gasteiger partial charge is 0.490 e. The van der Waals surface area contributed by atoms with E-state index in [9.17, 15) is 9.59 Å². The maximum Gasteiger partial charge on any atom is 0.303 e. The Morgan fingerprint density at radius 1 is 1.32 bits per heavy atom. The van der Waals surface area contributed by atoms with E-state index in [1.807, 2.05) is 27.7 Å². The molecule has 1 N–H and O–H groups in total. The second-order valence-corrected chi connectivity index (χ2v) is 6.90. The van der Waals surface area contributed by atoms with Gasteiger partial charge in [0, 0.05) is 11.4 Å². The van der Waals surface area contributed by atoms with Crippen LogP contribution in [0.4, 0.5) is 0 Å². The van der Waals surface area contributed by atoms with Gasteiger partial charge in [-0.1, -0.05) is 25.4 Å². The minimum absolute atomic E-state index is 0.0329. The highest BCUT2D eigenvalue weighted by molar-refractivity contribution is 6.31. The molecule has 0 atom stereocenters. The number of carbonyl (C=O) groups is 2. The Morgan fingerprint density at radius 2 is 1.95 bits per heavy atom. The van der Waals surface area contributed by atoms with Crippen molar-refractivity contribution >= 4 is 23.4 Å². The fourth-order valence-corrected chi connectivity index (χ4v) is 2.33. The molecule has 22 heavy (non-hydrogen) atoms. The van der Waals surface area contributed by atoms with Crippen LogP contribution in [-0.4, -0.2) is 23.0 Å². The van der Waals surface area contributed by atoms with Crippen LogP contribution in [0, 0.1) is 5.41 Å². The number of ether oxygens (including phenoxy) is 1. The molecule has 0 heterocycles. The molecule has 122 valence electrons. The van der Waals surface area contributed by atoms with Crippen LogP contribution in [0.5, 0.6) is 5.75 Å². The third-order valence-electron chi connectivity index (χ3n) is 3.26. The number of carboxylic acid groups (broad SMARTS) is 1. The molecule has 0 radical (unpaired) electrons. The molecule has 0 unspecified atom stereocenters. The van der Waals surface area contributed by atoms with Gasteiger partial charge in [-0.15, -0.1) is 0 Å². The molecule has 0 saturated carbocycles. The van der Waals surface area contributed by atoms with Crippen LogP contribution in [-0.2, 0) is 4.79 Å². The van der Waals surface area contributed by atoms with E-state index in [4.69, 9.17) is 21.4 Å². The van der Waals surface area contributed by atoms with Crippen molar-refractivity contribution in [3.8, 4) is 5.75 Å². The van der Waals surface area contributed by atoms with Crippen LogP contribution in [0.15, 0.2) is 18.2 Å². The zero-order valence-electron chi connectivity index (χ0n) is 13.5. The third kappa shape index (κ3) is 6.06. The van der Waals surface area contributed by atoms with Crippen molar-refractivity contribution in [3.05, 3.63) is 28.8 Å². The number of benzene rings is 1. The maximum absolute atomic E-state index is 12.4. The molecular formula is C17H23ClO4. The lowest BCUT2D eigenvalue weighted by Gasteiger charge is -2.22. The fourth-order valence-electron chi connectivity index (χ4n) is 2.16. The summed E-state index contributed by atoms with van der Waals surface area (Å²) >= 11 is 5.97. The van der Waals surface area contributed by atoms with Crippen LogP contribution < -0.4 is 4.74 Å². The number of hydrogen-bond donors (Lipinski definition) is 1. The Bertz CT molecular complexity index is 550. The molecule has 0 fully saturated rings. The minimum Gasteiger partial charge on any atom is -0.490 e. The van der Waals surface area contributed by atoms with Crippen molar-refractivity contribution in [1.82, 2.24) is 0 Å². The summed E-state index contributed by atoms with van der Waals surface area (Å²) in [7, 11) is 0. The zero-order valence-corrected chi connectivity index (χ0v) is 14.2. The van der Waals surface area contributed by atoms with E-state index in [-0.39, 0.29) is 24.7 Å². The van der Waals surface area contributed by atoms with Crippen molar-refractivity contribution in [2.24, 2.45) is 5.41 Å². The minimum atomic E-state index is -0.857. The highest BCUT2D eigenvalue weighted by Crippen LogP contribution is 2.30. The van der Waals surface area contributed by atoms with Gasteiger partial charge in [0.1, 0.15) is 5.75 Å². The molecule has 1 rings (SSSR count). The Hall–Kier alpha value is -1.55. The average molecular weight is 327 g/mol. The molecule has 5 heteroatoms. The van der Waals surface area contributed by atoms with Gasteiger partial charge in [-0.2, -0.15) is 0 Å². The number of hydrogen-bond acceptors (Lipinski definition) is 3. The molecule has 0 saturated heterocycles. The average Bonchev–Trinajstić information content (AvgIpc) is 2.36. The number of rotatable bonds is 8. The van der Waals surface area contributed by atoms with Gasteiger partial charge in [0.2, 0.25) is 0 Å². The highest BCUT2D eigenvalue weighted by Gasteiger charge is 2.24. The van der Waals surface area contributed by atoms with E-state index in [0.29, 0.717) is 22.8 Å². The Balaban J connectivity index is 2.84. The monoisotopic (exact) mass is 326 g/mol. The van der Waals surface area contributed by atoms with Crippen molar-refractivity contribution < 1.29 is 19.4 Å². The van der Waals surface area contributed by atoms with Crippen LogP contribution in [0.2, 0.25) is 5.02 Å². The number of Topliss-reactive ketones (excluding diaryl/α,β-unsaturated/α-hetero) is 1. The Morgan fingerprint density at radius 3 is 2.50 bits per heavy atom. The molecule has 0 aromatic heterocycles. The molecule has 4 nitrogen and oxygen atoms in total. The number of ketones is 1. The standard InChI is InChI=1S/C17H23ClO4/c1-11(2)22-15-6-5-12(18)9-13(15)14(19)7-8-17(3,4)10-16(20)21/h5-6,9,11H,7-8,10H2,1-4H3,(H,20,21). The first-order chi connectivity index (χ1) is 10.1. The Labute approximate surface area is 136 Å². The van der Waals surface area contributed by atoms with Gasteiger partial charge >= 0.3 is 5.97 Å². The van der Waals surface area contributed by atoms with Crippen LogP contribution in [0.1, 0.15) is 57.3 Å². The van der Waals surface area contributed by atoms with Gasteiger partial charge in [0.25, 0.3) is 0 Å². The van der Waals surface area contributed by atoms with Crippen molar-refractivity contribution in [1.29, 1.82) is 0 Å². The first-order valence-corrected chi connectivity index (χ1v) is 7.70. The van der Waals surface area contributed by atoms with Crippen LogP contribution in [0.25, 0.3) is 0 Å². The van der Waals surface area contributed by atoms with Gasteiger partial charge < -0.3 is 9.84 Å². The van der Waals surface area contributed by atoms with E-state index in [0.717, 1.165) is 0 Å². The summed E-state index contributed by atoms with van der Waals surface area (Å²) in [5.41, 5.74) is 0.0198. The second kappa shape index (κ2) is 7.63. The molecule has 0 amide bonds. The maximum atomic E-state index is 12.4. The van der Waals surface area contributed by atoms with Gasteiger partial charge in [0.05, 0.1) is 18.1 Å². The summed E-state index contributed by atoms with van der Waals surface area (Å²) in [6, 6.07) is 4.98. The summed E-state index contributed by atoms with van der Waals surface area (Å²) < 4.78 is 5.64. The molecule has 0 spiro atoms. The summed E-state index contributed by atoms with van der Waals surface area (Å²) in [6.07, 6.45) is 0.739. The van der Waals surface area contributed by atoms with Gasteiger partial charge in [-0.25, -0.2) is 0 Å². The highest BCUT2D eigenvalue weighted by atomic mass is 35.5. The van der Waals surface area contributed by atoms with E-state index in [1.165, 1.54) is 0 Å². The first-order valence-electron chi connectivity index (χ1n) is 7.32. The van der Waals surface area contributed by atoms with E-state index >= 15 is 0 Å². The molecule has 1 aromatic carbocycles. The number of aliphatic carboxylic acids is 1. The summed E-state index contributed by atoms with van der Waals surface area (Å²) in [5, 5.41) is 9.36. The normalized spacial score (nSPS) is 11.5. The van der Waals surface area contributed by atoms with Crippen molar-refractivity contribution in [3.63, 3.8) is 0 Å². The fraction of sp³-hybridized carbons (Fsp3) is 0.529. The molecule has 0 bridgehead atoms. The van der Waals surface area contributed by atoms with Crippen molar-refractivity contribution in [2.45, 2.75) is 53.1 Å². The summed E-state index contributed by atoms with van der Waals surface area (Å²) in [6.45, 7) is 7.47. The van der Waals surface area contributed by atoms with Gasteiger partial charge in [-0.05, 0) is 43.9 Å². The molecule has 0 aliphatic rings. The molecular weight excluding hydrogens is 304 g/mol. The zero-order chi connectivity index (χ0) is 16.9. The molecule has 1 aromatic rings. The number of carboxylic acids is 1. The van der Waals surface area contributed by atoms with Crippen LogP contribution in [0.3, 0.4) is 0 Å². The lowest BCUT2D eigenvalue weighted by Crippen LogP contribution is -2.18. The second-order valence-electron chi connectivity index (χ2n) is 6.46. The smallest absolute Gasteiger partial charge is 0.303 e. The van der Waals surface area contributed by atoms with Crippen LogP contribution >= 0.6 is 11.6 Å². The topological polar surface area (TPSA) is 63.6 Å². The van der Waals surface area contributed by atoms with E-state index in [1.54, 1.807) is 18.2 Å². The molecule has 0 aliphatic carbocycles. The summed E-state index contributed by atoms with van der Waals surface area (Å²) in [4.78, 5) is 23.3. The van der Waals surface area contributed by atoms with E-state index in [2.05, 4.69) is 0 Å².